The molecular formula is C15H13F3N4OS. The van der Waals surface area contributed by atoms with E-state index in [1.54, 1.807) is 23.9 Å². The molecule has 3 rings (SSSR count). The molecule has 9 heteroatoms. The highest BCUT2D eigenvalue weighted by atomic mass is 32.1. The zero-order valence-electron chi connectivity index (χ0n) is 12.8. The van der Waals surface area contributed by atoms with Gasteiger partial charge in [0.2, 0.25) is 0 Å². The highest BCUT2D eigenvalue weighted by Crippen LogP contribution is 2.31. The second kappa shape index (κ2) is 5.90. The lowest BCUT2D eigenvalue weighted by Gasteiger charge is -2.06. The summed E-state index contributed by atoms with van der Waals surface area (Å²) in [5.74, 6) is 0.118. The quantitative estimate of drug-likeness (QED) is 0.785. The Balaban J connectivity index is 1.82. The van der Waals surface area contributed by atoms with Crippen LogP contribution < -0.4 is 5.32 Å². The average Bonchev–Trinajstić information content (AvgIpc) is 3.08. The first-order chi connectivity index (χ1) is 11.3. The van der Waals surface area contributed by atoms with E-state index in [0.717, 1.165) is 17.1 Å². The van der Waals surface area contributed by atoms with Gasteiger partial charge in [0.25, 0.3) is 5.91 Å². The van der Waals surface area contributed by atoms with Crippen molar-refractivity contribution >= 4 is 28.3 Å². The molecule has 0 saturated heterocycles. The number of thiazole rings is 1. The van der Waals surface area contributed by atoms with Gasteiger partial charge in [0.15, 0.2) is 0 Å². The number of hydrogen-bond acceptors (Lipinski definition) is 4. The second-order valence-corrected chi connectivity index (χ2v) is 6.28. The van der Waals surface area contributed by atoms with Gasteiger partial charge in [-0.15, -0.1) is 11.3 Å². The molecule has 0 unspecified atom stereocenters. The van der Waals surface area contributed by atoms with Crippen molar-refractivity contribution in [3.63, 3.8) is 0 Å². The van der Waals surface area contributed by atoms with Gasteiger partial charge in [0.05, 0.1) is 28.1 Å². The van der Waals surface area contributed by atoms with Crippen molar-refractivity contribution in [2.75, 3.05) is 0 Å². The van der Waals surface area contributed by atoms with Crippen LogP contribution in [-0.2, 0) is 19.8 Å². The molecule has 2 heterocycles. The van der Waals surface area contributed by atoms with Crippen LogP contribution in [-0.4, -0.2) is 20.4 Å². The minimum Gasteiger partial charge on any atom is -0.343 e. The van der Waals surface area contributed by atoms with Gasteiger partial charge in [0.1, 0.15) is 11.5 Å². The van der Waals surface area contributed by atoms with Gasteiger partial charge < -0.3 is 9.88 Å². The molecule has 5 nitrogen and oxygen atoms in total. The topological polar surface area (TPSA) is 59.8 Å². The summed E-state index contributed by atoms with van der Waals surface area (Å²) in [6.45, 7) is 1.90. The maximum Gasteiger partial charge on any atom is 0.416 e. The van der Waals surface area contributed by atoms with Crippen molar-refractivity contribution in [3.8, 4) is 0 Å². The predicted molar refractivity (Wildman–Crippen MR) is 83.7 cm³/mol. The van der Waals surface area contributed by atoms with Crippen LogP contribution in [0.5, 0.6) is 0 Å². The zero-order chi connectivity index (χ0) is 17.5. The van der Waals surface area contributed by atoms with E-state index in [1.165, 1.54) is 17.4 Å². The molecule has 0 aliphatic carbocycles. The van der Waals surface area contributed by atoms with Crippen molar-refractivity contribution in [1.82, 2.24) is 19.9 Å². The molecular weight excluding hydrogens is 341 g/mol. The number of benzene rings is 1. The van der Waals surface area contributed by atoms with Crippen molar-refractivity contribution < 1.29 is 18.0 Å². The van der Waals surface area contributed by atoms with E-state index in [9.17, 15) is 18.0 Å². The highest BCUT2D eigenvalue weighted by molar-refractivity contribution is 7.09. The Labute approximate surface area is 139 Å². The lowest BCUT2D eigenvalue weighted by molar-refractivity contribution is -0.137. The third kappa shape index (κ3) is 3.12. The number of aryl methyl sites for hydroxylation is 2. The minimum absolute atomic E-state index is 0.0991. The lowest BCUT2D eigenvalue weighted by atomic mass is 10.2. The Kier molecular flexibility index (Phi) is 4.04. The Morgan fingerprint density at radius 1 is 1.33 bits per heavy atom. The molecule has 2 aromatic heterocycles. The van der Waals surface area contributed by atoms with Crippen LogP contribution in [0.3, 0.4) is 0 Å². The molecule has 1 N–H and O–H groups in total. The third-order valence-electron chi connectivity index (χ3n) is 3.56. The summed E-state index contributed by atoms with van der Waals surface area (Å²) in [5, 5.41) is 5.10. The van der Waals surface area contributed by atoms with Gasteiger partial charge in [-0.2, -0.15) is 13.2 Å². The summed E-state index contributed by atoms with van der Waals surface area (Å²) in [6, 6.07) is 3.40. The molecule has 0 radical (unpaired) electrons. The third-order valence-corrected chi connectivity index (χ3v) is 4.33. The van der Waals surface area contributed by atoms with Crippen LogP contribution in [0, 0.1) is 6.92 Å². The van der Waals surface area contributed by atoms with Gasteiger partial charge in [-0.1, -0.05) is 0 Å². The summed E-state index contributed by atoms with van der Waals surface area (Å²) in [5.41, 5.74) is 0.370. The highest BCUT2D eigenvalue weighted by Gasteiger charge is 2.31. The summed E-state index contributed by atoms with van der Waals surface area (Å²) in [7, 11) is 1.69. The van der Waals surface area contributed by atoms with Crippen LogP contribution in [0.2, 0.25) is 0 Å². The van der Waals surface area contributed by atoms with Crippen molar-refractivity contribution in [1.29, 1.82) is 0 Å². The molecule has 24 heavy (non-hydrogen) atoms. The number of carbonyl (C=O) groups excluding carboxylic acids is 1. The fourth-order valence-electron chi connectivity index (χ4n) is 2.30. The monoisotopic (exact) mass is 354 g/mol. The van der Waals surface area contributed by atoms with Crippen LogP contribution in [0.4, 0.5) is 13.2 Å². The fourth-order valence-corrected chi connectivity index (χ4v) is 2.89. The van der Waals surface area contributed by atoms with Crippen LogP contribution in [0.1, 0.15) is 26.9 Å². The summed E-state index contributed by atoms with van der Waals surface area (Å²) in [4.78, 5) is 20.3. The number of hydrogen-bond donors (Lipinski definition) is 1. The van der Waals surface area contributed by atoms with Crippen molar-refractivity contribution in [2.24, 2.45) is 7.05 Å². The zero-order valence-corrected chi connectivity index (χ0v) is 13.6. The minimum atomic E-state index is -4.41. The number of nitrogens with zero attached hydrogens (tertiary/aromatic N) is 3. The van der Waals surface area contributed by atoms with Crippen LogP contribution in [0.25, 0.3) is 11.0 Å². The largest absolute Gasteiger partial charge is 0.416 e. The number of amides is 1. The van der Waals surface area contributed by atoms with E-state index in [0.29, 0.717) is 17.0 Å². The fraction of sp³-hybridized carbons (Fsp3) is 0.267. The number of carbonyl (C=O) groups is 1. The smallest absolute Gasteiger partial charge is 0.343 e. The second-order valence-electron chi connectivity index (χ2n) is 5.22. The van der Waals surface area contributed by atoms with Crippen molar-refractivity contribution in [2.45, 2.75) is 19.6 Å². The molecule has 0 bridgehead atoms. The SMILES string of the molecule is Cc1nc(C(=O)NCc2nc3cc(C(F)(F)F)ccc3n2C)cs1. The van der Waals surface area contributed by atoms with Gasteiger partial charge in [-0.05, 0) is 25.1 Å². The Morgan fingerprint density at radius 2 is 2.08 bits per heavy atom. The first-order valence-corrected chi connectivity index (χ1v) is 7.86. The number of rotatable bonds is 3. The molecule has 3 aromatic rings. The Morgan fingerprint density at radius 3 is 2.71 bits per heavy atom. The molecule has 126 valence electrons. The molecule has 0 fully saturated rings. The number of alkyl halides is 3. The number of imidazole rings is 1. The molecule has 0 spiro atoms. The maximum absolute atomic E-state index is 12.8. The van der Waals surface area contributed by atoms with Gasteiger partial charge >= 0.3 is 6.18 Å². The molecule has 1 amide bonds. The first kappa shape index (κ1) is 16.4. The number of aromatic nitrogens is 3. The van der Waals surface area contributed by atoms with Gasteiger partial charge in [0, 0.05) is 12.4 Å². The maximum atomic E-state index is 12.8. The van der Waals surface area contributed by atoms with E-state index in [2.05, 4.69) is 15.3 Å². The predicted octanol–water partition coefficient (Wildman–Crippen LogP) is 3.29. The van der Waals surface area contributed by atoms with E-state index in [4.69, 9.17) is 0 Å². The van der Waals surface area contributed by atoms with E-state index in [-0.39, 0.29) is 18.0 Å². The van der Waals surface area contributed by atoms with E-state index < -0.39 is 11.7 Å². The summed E-state index contributed by atoms with van der Waals surface area (Å²) < 4.78 is 40.0. The van der Waals surface area contributed by atoms with Crippen LogP contribution in [0.15, 0.2) is 23.6 Å². The van der Waals surface area contributed by atoms with E-state index in [1.807, 2.05) is 0 Å². The standard InChI is InChI=1S/C15H13F3N4OS/c1-8-20-11(7-24-8)14(23)19-6-13-21-10-5-9(15(16,17)18)3-4-12(10)22(13)2/h3-5,7H,6H2,1-2H3,(H,19,23). The van der Waals surface area contributed by atoms with Gasteiger partial charge in [-0.25, -0.2) is 9.97 Å². The number of fused-ring (bicyclic) bond motifs is 1. The summed E-state index contributed by atoms with van der Waals surface area (Å²) in [6.07, 6.45) is -4.41. The first-order valence-electron chi connectivity index (χ1n) is 6.98. The van der Waals surface area contributed by atoms with Crippen LogP contribution >= 0.6 is 11.3 Å². The molecule has 0 atom stereocenters. The summed E-state index contributed by atoms with van der Waals surface area (Å²) >= 11 is 1.37. The molecule has 0 saturated carbocycles. The Bertz CT molecular complexity index is 913. The molecule has 1 aromatic carbocycles. The molecule has 0 aliphatic rings. The normalized spacial score (nSPS) is 11.9. The van der Waals surface area contributed by atoms with Crippen molar-refractivity contribution in [3.05, 3.63) is 45.7 Å². The number of halogens is 3. The average molecular weight is 354 g/mol. The Hall–Kier alpha value is -2.42. The lowest BCUT2D eigenvalue weighted by Crippen LogP contribution is -2.24. The number of nitrogens with one attached hydrogen (secondary N) is 1. The van der Waals surface area contributed by atoms with Gasteiger partial charge in [-0.3, -0.25) is 4.79 Å². The van der Waals surface area contributed by atoms with E-state index >= 15 is 0 Å². The molecule has 0 aliphatic heterocycles.